The van der Waals surface area contributed by atoms with Crippen LogP contribution in [-0.2, 0) is 61.3 Å². The van der Waals surface area contributed by atoms with Gasteiger partial charge in [0.25, 0.3) is 0 Å². The summed E-state index contributed by atoms with van der Waals surface area (Å²) in [6, 6.07) is 57.5. The van der Waals surface area contributed by atoms with Gasteiger partial charge in [0.05, 0.1) is 39.6 Å². The molecule has 1 aliphatic rings. The van der Waals surface area contributed by atoms with E-state index in [9.17, 15) is 4.79 Å². The maximum atomic E-state index is 12.6. The van der Waals surface area contributed by atoms with E-state index in [2.05, 4.69) is 96.3 Å². The first-order chi connectivity index (χ1) is 32.2. The largest absolute Gasteiger partial charge is 0.491 e. The molecule has 1 aromatic heterocycles. The molecule has 1 unspecified atom stereocenters. The van der Waals surface area contributed by atoms with Crippen molar-refractivity contribution in [1.82, 2.24) is 5.32 Å². The van der Waals surface area contributed by atoms with E-state index in [1.165, 1.54) is 15.0 Å². The van der Waals surface area contributed by atoms with Crippen molar-refractivity contribution in [2.45, 2.75) is 89.7 Å². The Hall–Kier alpha value is -5.85. The van der Waals surface area contributed by atoms with E-state index in [1.54, 1.807) is 11.3 Å². The lowest BCUT2D eigenvalue weighted by Gasteiger charge is -2.46. The van der Waals surface area contributed by atoms with Crippen LogP contribution in [0.3, 0.4) is 0 Å². The second-order valence-corrected chi connectivity index (χ2v) is 18.6. The highest BCUT2D eigenvalue weighted by molar-refractivity contribution is 7.19. The smallest absolute Gasteiger partial charge is 0.407 e. The summed E-state index contributed by atoms with van der Waals surface area (Å²) in [5, 5.41) is 4.06. The monoisotopic (exact) mass is 905 g/mol. The summed E-state index contributed by atoms with van der Waals surface area (Å²) < 4.78 is 48.4. The van der Waals surface area contributed by atoms with Crippen LogP contribution in [-0.4, -0.2) is 55.9 Å². The average Bonchev–Trinajstić information content (AvgIpc) is 3.74. The lowest BCUT2D eigenvalue weighted by molar-refractivity contribution is -0.275. The molecule has 9 nitrogen and oxygen atoms in total. The van der Waals surface area contributed by atoms with Crippen molar-refractivity contribution >= 4 is 27.5 Å². The van der Waals surface area contributed by atoms with Crippen LogP contribution in [0.2, 0.25) is 0 Å². The zero-order chi connectivity index (χ0) is 45.6. The van der Waals surface area contributed by atoms with E-state index in [4.69, 9.17) is 33.2 Å². The van der Waals surface area contributed by atoms with Crippen molar-refractivity contribution in [1.29, 1.82) is 0 Å². The first kappa shape index (κ1) is 46.7. The highest BCUT2D eigenvalue weighted by atomic mass is 32.1. The Labute approximate surface area is 392 Å². The fraction of sp³-hybridized carbons (Fsp3) is 0.304. The van der Waals surface area contributed by atoms with Crippen molar-refractivity contribution in [3.63, 3.8) is 0 Å². The minimum absolute atomic E-state index is 0.185. The Morgan fingerprint density at radius 1 is 0.606 bits per heavy atom. The highest BCUT2D eigenvalue weighted by Gasteiger charge is 2.50. The number of benzene rings is 6. The fourth-order valence-corrected chi connectivity index (χ4v) is 9.15. The topological polar surface area (TPSA) is 93.7 Å². The molecule has 0 bridgehead atoms. The van der Waals surface area contributed by atoms with Gasteiger partial charge in [-0.1, -0.05) is 146 Å². The molecule has 1 amide bonds. The summed E-state index contributed by atoms with van der Waals surface area (Å²) in [5.41, 5.74) is 5.37. The van der Waals surface area contributed by atoms with Crippen LogP contribution < -0.4 is 10.1 Å². The minimum Gasteiger partial charge on any atom is -0.491 e. The van der Waals surface area contributed by atoms with Gasteiger partial charge in [0.15, 0.2) is 0 Å². The average molecular weight is 906 g/mol. The molecule has 1 N–H and O–H groups in total. The molecule has 10 heteroatoms. The maximum absolute atomic E-state index is 12.6. The van der Waals surface area contributed by atoms with Crippen LogP contribution in [0, 0.1) is 0 Å². The van der Waals surface area contributed by atoms with Crippen LogP contribution in [0.1, 0.15) is 65.1 Å². The predicted molar refractivity (Wildman–Crippen MR) is 260 cm³/mol. The lowest BCUT2D eigenvalue weighted by atomic mass is 9.89. The quantitative estimate of drug-likeness (QED) is 0.0756. The molecule has 1 fully saturated rings. The molecule has 342 valence electrons. The molecular weight excluding hydrogens is 847 g/mol. The molecule has 0 saturated carbocycles. The standard InChI is InChI=1S/C56H59NO8S/c1-56(2,3)65-55(58)57-30-31-60-48-29-28-44(32-46-34-45-26-16-17-27-50(45)66-46)33-47(48)51-53(62-37-42-22-12-6-13-23-42)54(63-38-43-24-14-7-15-25-43)52(61-36-41-20-10-5-11-21-41)49(64-51)39-59-35-40-18-8-4-9-19-40/h4-29,33-34,49,51-54H,30-32,35-39H2,1-3H3,(H,57,58)/t49-,51+,52-,53+,54?/m1/s1. The van der Waals surface area contributed by atoms with Gasteiger partial charge in [-0.05, 0) is 78.2 Å². The van der Waals surface area contributed by atoms with E-state index in [0.29, 0.717) is 38.6 Å². The van der Waals surface area contributed by atoms with Gasteiger partial charge < -0.3 is 38.5 Å². The van der Waals surface area contributed by atoms with Crippen molar-refractivity contribution in [2.24, 2.45) is 0 Å². The summed E-state index contributed by atoms with van der Waals surface area (Å²) in [6.45, 7) is 7.49. The summed E-state index contributed by atoms with van der Waals surface area (Å²) in [6.07, 6.45) is -3.01. The van der Waals surface area contributed by atoms with Gasteiger partial charge in [-0.15, -0.1) is 11.3 Å². The lowest BCUT2D eigenvalue weighted by Crippen LogP contribution is -2.58. The van der Waals surface area contributed by atoms with Crippen LogP contribution >= 0.6 is 11.3 Å². The summed E-state index contributed by atoms with van der Waals surface area (Å²) in [5.74, 6) is 0.605. The number of nitrogens with one attached hydrogen (secondary N) is 1. The Morgan fingerprint density at radius 2 is 1.15 bits per heavy atom. The zero-order valence-corrected chi connectivity index (χ0v) is 38.7. The molecular formula is C56H59NO8S. The highest BCUT2D eigenvalue weighted by Crippen LogP contribution is 2.42. The Morgan fingerprint density at radius 3 is 1.74 bits per heavy atom. The van der Waals surface area contributed by atoms with Crippen molar-refractivity contribution in [2.75, 3.05) is 19.8 Å². The van der Waals surface area contributed by atoms with Crippen LogP contribution in [0.25, 0.3) is 10.1 Å². The van der Waals surface area contributed by atoms with Gasteiger partial charge >= 0.3 is 6.09 Å². The number of amides is 1. The van der Waals surface area contributed by atoms with E-state index in [-0.39, 0.29) is 19.8 Å². The normalized spacial score (nSPS) is 18.5. The zero-order valence-electron chi connectivity index (χ0n) is 37.9. The van der Waals surface area contributed by atoms with Crippen LogP contribution in [0.15, 0.2) is 170 Å². The number of thiophene rings is 1. The molecule has 5 atom stereocenters. The van der Waals surface area contributed by atoms with Crippen molar-refractivity contribution < 1.29 is 38.0 Å². The van der Waals surface area contributed by atoms with Gasteiger partial charge in [-0.25, -0.2) is 4.79 Å². The summed E-state index contributed by atoms with van der Waals surface area (Å²) in [7, 11) is 0. The second-order valence-electron chi connectivity index (χ2n) is 17.5. The van der Waals surface area contributed by atoms with E-state index < -0.39 is 42.2 Å². The Balaban J connectivity index is 1.19. The number of fused-ring (bicyclic) bond motifs is 1. The fourth-order valence-electron chi connectivity index (χ4n) is 8.05. The number of carbonyl (C=O) groups is 1. The van der Waals surface area contributed by atoms with Crippen molar-refractivity contribution in [3.05, 3.63) is 208 Å². The first-order valence-electron chi connectivity index (χ1n) is 22.7. The summed E-state index contributed by atoms with van der Waals surface area (Å²) in [4.78, 5) is 13.9. The molecule has 2 heterocycles. The molecule has 8 rings (SSSR count). The van der Waals surface area contributed by atoms with Crippen LogP contribution in [0.4, 0.5) is 4.79 Å². The van der Waals surface area contributed by atoms with Crippen molar-refractivity contribution in [3.8, 4) is 5.75 Å². The van der Waals surface area contributed by atoms with Crippen LogP contribution in [0.5, 0.6) is 5.75 Å². The summed E-state index contributed by atoms with van der Waals surface area (Å²) >= 11 is 1.79. The predicted octanol–water partition coefficient (Wildman–Crippen LogP) is 11.8. The van der Waals surface area contributed by atoms with E-state index in [0.717, 1.165) is 33.4 Å². The van der Waals surface area contributed by atoms with Gasteiger partial charge in [0, 0.05) is 21.6 Å². The molecule has 66 heavy (non-hydrogen) atoms. The molecule has 0 aliphatic carbocycles. The molecule has 1 aliphatic heterocycles. The number of alkyl carbamates (subject to hydrolysis) is 1. The molecule has 7 aromatic rings. The number of hydrogen-bond donors (Lipinski definition) is 1. The second kappa shape index (κ2) is 23.1. The van der Waals surface area contributed by atoms with E-state index >= 15 is 0 Å². The first-order valence-corrected chi connectivity index (χ1v) is 23.5. The molecule has 6 aromatic carbocycles. The number of hydrogen-bond acceptors (Lipinski definition) is 9. The SMILES string of the molecule is CC(C)(C)OC(=O)NCCOc1ccc(Cc2cc3ccccc3s2)cc1[C@@H]1O[C@H](COCc2ccccc2)[C@@H](OCc2ccccc2)C(OCc2ccccc2)[C@H]1OCc1ccccc1. The third-order valence-electron chi connectivity index (χ3n) is 11.1. The van der Waals surface area contributed by atoms with Gasteiger partial charge in [0.2, 0.25) is 0 Å². The number of rotatable bonds is 20. The third kappa shape index (κ3) is 13.4. The number of ether oxygens (including phenoxy) is 7. The molecule has 0 spiro atoms. The van der Waals surface area contributed by atoms with Gasteiger partial charge in [-0.3, -0.25) is 0 Å². The van der Waals surface area contributed by atoms with Gasteiger partial charge in [-0.2, -0.15) is 0 Å². The Kier molecular flexibility index (Phi) is 16.3. The third-order valence-corrected chi connectivity index (χ3v) is 12.3. The van der Waals surface area contributed by atoms with E-state index in [1.807, 2.05) is 99.6 Å². The Bertz CT molecular complexity index is 2510. The minimum atomic E-state index is -0.701. The maximum Gasteiger partial charge on any atom is 0.407 e. The number of carbonyl (C=O) groups excluding carboxylic acids is 1. The molecule has 1 saturated heterocycles. The van der Waals surface area contributed by atoms with Gasteiger partial charge in [0.1, 0.15) is 48.5 Å². The molecule has 0 radical (unpaired) electrons.